The van der Waals surface area contributed by atoms with E-state index in [4.69, 9.17) is 0 Å². The first kappa shape index (κ1) is 9.98. The van der Waals surface area contributed by atoms with E-state index in [9.17, 15) is 9.59 Å². The second kappa shape index (κ2) is 4.74. The van der Waals surface area contributed by atoms with Gasteiger partial charge in [-0.25, -0.2) is 0 Å². The van der Waals surface area contributed by atoms with E-state index in [1.54, 1.807) is 0 Å². The van der Waals surface area contributed by atoms with E-state index in [-0.39, 0.29) is 51.4 Å². The van der Waals surface area contributed by atoms with E-state index in [1.165, 1.54) is 0 Å². The summed E-state index contributed by atoms with van der Waals surface area (Å²) in [6, 6.07) is 0. The summed E-state index contributed by atoms with van der Waals surface area (Å²) in [5.74, 6) is -2.70. The molecule has 1 aromatic heterocycles. The van der Waals surface area contributed by atoms with E-state index in [2.05, 4.69) is 23.0 Å². The summed E-state index contributed by atoms with van der Waals surface area (Å²) in [5.41, 5.74) is 0. The minimum Gasteiger partial charge on any atom is -0.322 e. The molecule has 0 spiro atoms. The van der Waals surface area contributed by atoms with Gasteiger partial charge in [0.25, 0.3) is 0 Å². The maximum absolute atomic E-state index is 9.94. The topological polar surface area (TPSA) is 99.8 Å². The van der Waals surface area contributed by atoms with Crippen LogP contribution in [0.1, 0.15) is 0 Å². The van der Waals surface area contributed by atoms with Crippen molar-refractivity contribution in [3.8, 4) is 0 Å². The molecule has 0 saturated heterocycles. The molecule has 0 aromatic carbocycles. The van der Waals surface area contributed by atoms with Crippen molar-refractivity contribution < 1.29 is 23.0 Å². The Kier molecular flexibility index (Phi) is 4.73. The van der Waals surface area contributed by atoms with Crippen LogP contribution in [0.5, 0.6) is 0 Å². The summed E-state index contributed by atoms with van der Waals surface area (Å²) >= 11 is 0. The van der Waals surface area contributed by atoms with Crippen molar-refractivity contribution in [3.63, 3.8) is 0 Å². The van der Waals surface area contributed by atoms with Crippen LogP contribution in [-0.4, -0.2) is 51.4 Å². The zero-order valence-corrected chi connectivity index (χ0v) is 7.98. The first-order valence-corrected chi connectivity index (χ1v) is 1.72. The van der Waals surface area contributed by atoms with Crippen molar-refractivity contribution >= 4 is 51.4 Å². The SMILES string of the molecule is O=c1ooooc(=O)o1.[K]. The van der Waals surface area contributed by atoms with Gasteiger partial charge in [0.2, 0.25) is 0 Å². The minimum atomic E-state index is -1.35. The van der Waals surface area contributed by atoms with Crippen molar-refractivity contribution in [1.82, 2.24) is 0 Å². The fraction of sp³-hybridized carbons (Fsp3) is 0. The van der Waals surface area contributed by atoms with Gasteiger partial charge in [0, 0.05) is 51.4 Å². The van der Waals surface area contributed by atoms with Crippen LogP contribution in [0, 0.1) is 0 Å². The second-order valence-electron chi connectivity index (χ2n) is 0.905. The van der Waals surface area contributed by atoms with Gasteiger partial charge in [-0.2, -0.15) is 18.7 Å². The molecule has 0 aliphatic carbocycles. The molecule has 0 bridgehead atoms. The van der Waals surface area contributed by atoms with Crippen LogP contribution >= 0.6 is 0 Å². The fourth-order valence-electron chi connectivity index (χ4n) is 0.185. The quantitative estimate of drug-likeness (QED) is 0.372. The zero-order chi connectivity index (χ0) is 6.69. The Balaban J connectivity index is 0.000000810. The molecule has 8 heteroatoms. The van der Waals surface area contributed by atoms with Gasteiger partial charge < -0.3 is 4.42 Å². The molecule has 0 amide bonds. The first-order valence-electron chi connectivity index (χ1n) is 1.72. The largest absolute Gasteiger partial charge is 0.563 e. The summed E-state index contributed by atoms with van der Waals surface area (Å²) in [5, 5.41) is 0. The molecule has 0 aliphatic rings. The Labute approximate surface area is 94.5 Å². The zero-order valence-electron chi connectivity index (χ0n) is 4.86. The molecule has 1 heterocycles. The van der Waals surface area contributed by atoms with Gasteiger partial charge in [0.1, 0.15) is 0 Å². The van der Waals surface area contributed by atoms with Crippen LogP contribution in [0.3, 0.4) is 0 Å². The number of hydrogen-bond donors (Lipinski definition) is 0. The van der Waals surface area contributed by atoms with Crippen molar-refractivity contribution in [1.29, 1.82) is 0 Å². The first-order chi connectivity index (χ1) is 4.29. The summed E-state index contributed by atoms with van der Waals surface area (Å²) in [6.45, 7) is 0. The Morgan fingerprint density at radius 1 is 0.900 bits per heavy atom. The van der Waals surface area contributed by atoms with Crippen LogP contribution in [0.2, 0.25) is 0 Å². The number of hydrogen-bond acceptors (Lipinski definition) is 7. The Morgan fingerprint density at radius 2 is 1.30 bits per heavy atom. The predicted molar refractivity (Wildman–Crippen MR) is 23.7 cm³/mol. The third-order valence-corrected chi connectivity index (χ3v) is 0.399. The molecule has 1 aromatic rings. The maximum Gasteiger partial charge on any atom is 0.563 e. The molecule has 7 nitrogen and oxygen atoms in total. The van der Waals surface area contributed by atoms with Crippen LogP contribution in [0.4, 0.5) is 0 Å². The maximum atomic E-state index is 9.94. The van der Waals surface area contributed by atoms with Crippen LogP contribution in [-0.2, 0) is 0 Å². The van der Waals surface area contributed by atoms with Gasteiger partial charge in [-0.3, -0.25) is 0 Å². The van der Waals surface area contributed by atoms with Gasteiger partial charge >= 0.3 is 11.6 Å². The summed E-state index contributed by atoms with van der Waals surface area (Å²) in [7, 11) is 0. The van der Waals surface area contributed by atoms with Gasteiger partial charge in [-0.1, -0.05) is 0 Å². The van der Waals surface area contributed by atoms with E-state index in [0.717, 1.165) is 0 Å². The van der Waals surface area contributed by atoms with Crippen molar-refractivity contribution in [2.24, 2.45) is 0 Å². The molecule has 0 aliphatic heterocycles. The third-order valence-electron chi connectivity index (χ3n) is 0.399. The molecule has 0 atom stereocenters. The average molecular weight is 175 g/mol. The van der Waals surface area contributed by atoms with E-state index in [0.29, 0.717) is 0 Å². The van der Waals surface area contributed by atoms with Crippen molar-refractivity contribution in [2.45, 2.75) is 0 Å². The minimum absolute atomic E-state index is 0. The van der Waals surface area contributed by atoms with Gasteiger partial charge in [-0.15, -0.1) is 0 Å². The fourth-order valence-corrected chi connectivity index (χ4v) is 0.185. The standard InChI is InChI=1S/C2O7.K/c3-1-5-2(4)7-9-8-6-1;. The van der Waals surface area contributed by atoms with E-state index >= 15 is 0 Å². The van der Waals surface area contributed by atoms with Crippen molar-refractivity contribution in [3.05, 3.63) is 21.2 Å². The smallest absolute Gasteiger partial charge is 0.322 e. The monoisotopic (exact) mass is 175 g/mol. The van der Waals surface area contributed by atoms with Gasteiger partial charge in [0.15, 0.2) is 0 Å². The Bertz CT molecular complexity index is 273. The molecule has 0 fully saturated rings. The van der Waals surface area contributed by atoms with Gasteiger partial charge in [0.05, 0.1) is 0 Å². The molecule has 51 valence electrons. The van der Waals surface area contributed by atoms with Crippen LogP contribution < -0.4 is 11.6 Å². The molecule has 10 heavy (non-hydrogen) atoms. The second-order valence-corrected chi connectivity index (χ2v) is 0.905. The molecule has 1 radical (unpaired) electrons. The van der Waals surface area contributed by atoms with Crippen LogP contribution in [0.15, 0.2) is 32.6 Å². The van der Waals surface area contributed by atoms with Crippen molar-refractivity contribution in [2.75, 3.05) is 0 Å². The molecule has 0 N–H and O–H groups in total. The molecule has 1 rings (SSSR count). The van der Waals surface area contributed by atoms with E-state index < -0.39 is 11.6 Å². The predicted octanol–water partition coefficient (Wildman–Crippen LogP) is -0.884. The molecular formula is C2KO7. The average Bonchev–Trinajstić information content (AvgIpc) is 1.93. The Morgan fingerprint density at radius 3 is 1.70 bits per heavy atom. The molecule has 0 unspecified atom stereocenters. The van der Waals surface area contributed by atoms with E-state index in [1.807, 2.05) is 0 Å². The summed E-state index contributed by atoms with van der Waals surface area (Å²) < 4.78 is 17.6. The van der Waals surface area contributed by atoms with Crippen LogP contribution in [0.25, 0.3) is 0 Å². The van der Waals surface area contributed by atoms with Gasteiger partial charge in [-0.05, 0) is 9.47 Å². The normalized spacial score (nSPS) is 8.00. The summed E-state index contributed by atoms with van der Waals surface area (Å²) in [6.07, 6.45) is 0. The Hall–Kier alpha value is -0.0236. The number of rotatable bonds is 0. The molecular weight excluding hydrogens is 175 g/mol. The third kappa shape index (κ3) is 3.22. The summed E-state index contributed by atoms with van der Waals surface area (Å²) in [4.78, 5) is 19.9. The molecule has 0 saturated carbocycles.